The molecule has 2 amide bonds. The Hall–Kier alpha value is -2.89. The van der Waals surface area contributed by atoms with E-state index in [1.165, 1.54) is 0 Å². The van der Waals surface area contributed by atoms with Crippen LogP contribution in [0.2, 0.25) is 0 Å². The quantitative estimate of drug-likeness (QED) is 0.861. The Bertz CT molecular complexity index is 790. The van der Waals surface area contributed by atoms with Crippen molar-refractivity contribution in [3.8, 4) is 11.5 Å². The molecule has 6 heteroatoms. The van der Waals surface area contributed by atoms with E-state index in [-0.39, 0.29) is 12.1 Å². The lowest BCUT2D eigenvalue weighted by molar-refractivity contribution is 0.206. The molecule has 1 heterocycles. The smallest absolute Gasteiger partial charge is 0.322 e. The predicted molar refractivity (Wildman–Crippen MR) is 108 cm³/mol. The second-order valence-electron chi connectivity index (χ2n) is 6.83. The van der Waals surface area contributed by atoms with Gasteiger partial charge in [-0.1, -0.05) is 0 Å². The number of hydrogen-bond acceptors (Lipinski definition) is 4. The fraction of sp³-hybridized carbons (Fsp3) is 0.381. The zero-order valence-electron chi connectivity index (χ0n) is 16.4. The highest BCUT2D eigenvalue weighted by Gasteiger charge is 2.32. The van der Waals surface area contributed by atoms with Crippen LogP contribution in [0.5, 0.6) is 11.5 Å². The first-order chi connectivity index (χ1) is 13.0. The molecular formula is C21H27N3O3. The molecule has 0 aromatic heterocycles. The van der Waals surface area contributed by atoms with E-state index in [0.717, 1.165) is 47.8 Å². The lowest BCUT2D eigenvalue weighted by atomic mass is 10.0. The van der Waals surface area contributed by atoms with Crippen LogP contribution in [0.1, 0.15) is 24.4 Å². The lowest BCUT2D eigenvalue weighted by Gasteiger charge is -2.27. The van der Waals surface area contributed by atoms with Gasteiger partial charge in [-0.3, -0.25) is 0 Å². The van der Waals surface area contributed by atoms with Crippen LogP contribution in [0.25, 0.3) is 0 Å². The average molecular weight is 369 g/mol. The largest absolute Gasteiger partial charge is 0.497 e. The van der Waals surface area contributed by atoms with Crippen LogP contribution >= 0.6 is 0 Å². The predicted octanol–water partition coefficient (Wildman–Crippen LogP) is 4.14. The second kappa shape index (κ2) is 8.20. The van der Waals surface area contributed by atoms with Crippen molar-refractivity contribution in [3.05, 3.63) is 48.0 Å². The van der Waals surface area contributed by atoms with Gasteiger partial charge in [-0.05, 0) is 49.2 Å². The number of nitrogens with zero attached hydrogens (tertiary/aromatic N) is 2. The van der Waals surface area contributed by atoms with Crippen molar-refractivity contribution in [3.63, 3.8) is 0 Å². The van der Waals surface area contributed by atoms with E-state index in [9.17, 15) is 4.79 Å². The lowest BCUT2D eigenvalue weighted by Crippen LogP contribution is -2.34. The topological polar surface area (TPSA) is 54.0 Å². The zero-order chi connectivity index (χ0) is 19.4. The zero-order valence-corrected chi connectivity index (χ0v) is 16.4. The second-order valence-corrected chi connectivity index (χ2v) is 6.83. The molecule has 1 N–H and O–H groups in total. The summed E-state index contributed by atoms with van der Waals surface area (Å²) >= 11 is 0. The minimum absolute atomic E-state index is 0.00750. The van der Waals surface area contributed by atoms with Gasteiger partial charge < -0.3 is 24.6 Å². The van der Waals surface area contributed by atoms with Crippen molar-refractivity contribution in [1.29, 1.82) is 0 Å². The monoisotopic (exact) mass is 369 g/mol. The molecule has 1 fully saturated rings. The Labute approximate surface area is 160 Å². The molecule has 1 aliphatic heterocycles. The van der Waals surface area contributed by atoms with Crippen LogP contribution in [-0.4, -0.2) is 45.8 Å². The van der Waals surface area contributed by atoms with E-state index in [0.29, 0.717) is 0 Å². The summed E-state index contributed by atoms with van der Waals surface area (Å²) in [4.78, 5) is 16.8. The molecule has 2 aromatic rings. The molecule has 2 aromatic carbocycles. The number of likely N-dealkylation sites (tertiary alicyclic amines) is 1. The number of urea groups is 1. The number of nitrogens with one attached hydrogen (secondary N) is 1. The number of carbonyl (C=O) groups excluding carboxylic acids is 1. The Morgan fingerprint density at radius 3 is 2.48 bits per heavy atom. The first kappa shape index (κ1) is 18.9. The summed E-state index contributed by atoms with van der Waals surface area (Å²) in [7, 11) is 7.25. The van der Waals surface area contributed by atoms with Crippen molar-refractivity contribution in [2.75, 3.05) is 45.1 Å². The van der Waals surface area contributed by atoms with Gasteiger partial charge in [0.15, 0.2) is 0 Å². The summed E-state index contributed by atoms with van der Waals surface area (Å²) < 4.78 is 10.8. The molecule has 27 heavy (non-hydrogen) atoms. The van der Waals surface area contributed by atoms with Gasteiger partial charge >= 0.3 is 6.03 Å². The van der Waals surface area contributed by atoms with E-state index in [1.807, 2.05) is 66.4 Å². The van der Waals surface area contributed by atoms with Crippen LogP contribution in [-0.2, 0) is 0 Å². The molecule has 1 saturated heterocycles. The molecule has 1 atom stereocenters. The molecule has 1 aliphatic rings. The fourth-order valence-corrected chi connectivity index (χ4v) is 3.47. The molecule has 0 unspecified atom stereocenters. The number of hydrogen-bond donors (Lipinski definition) is 1. The van der Waals surface area contributed by atoms with Gasteiger partial charge in [-0.15, -0.1) is 0 Å². The van der Waals surface area contributed by atoms with E-state index < -0.39 is 0 Å². The summed E-state index contributed by atoms with van der Waals surface area (Å²) in [6.07, 6.45) is 1.88. The Balaban J connectivity index is 1.76. The Morgan fingerprint density at radius 2 is 1.85 bits per heavy atom. The van der Waals surface area contributed by atoms with Crippen LogP contribution in [0, 0.1) is 0 Å². The Morgan fingerprint density at radius 1 is 1.11 bits per heavy atom. The molecule has 0 spiro atoms. The number of carbonyl (C=O) groups is 1. The first-order valence-electron chi connectivity index (χ1n) is 9.10. The van der Waals surface area contributed by atoms with Gasteiger partial charge in [0.2, 0.25) is 0 Å². The third-order valence-corrected chi connectivity index (χ3v) is 4.95. The van der Waals surface area contributed by atoms with Crippen LogP contribution in [0.3, 0.4) is 0 Å². The van der Waals surface area contributed by atoms with Crippen LogP contribution in [0.4, 0.5) is 16.2 Å². The third-order valence-electron chi connectivity index (χ3n) is 4.95. The van der Waals surface area contributed by atoms with Crippen molar-refractivity contribution >= 4 is 17.4 Å². The maximum Gasteiger partial charge on any atom is 0.322 e. The molecule has 0 radical (unpaired) electrons. The van der Waals surface area contributed by atoms with Crippen molar-refractivity contribution < 1.29 is 14.3 Å². The molecule has 0 saturated carbocycles. The van der Waals surface area contributed by atoms with E-state index in [4.69, 9.17) is 9.47 Å². The van der Waals surface area contributed by atoms with Gasteiger partial charge in [0, 0.05) is 43.6 Å². The summed E-state index contributed by atoms with van der Waals surface area (Å²) in [6, 6.07) is 13.5. The molecule has 144 valence electrons. The third kappa shape index (κ3) is 4.10. The highest BCUT2D eigenvalue weighted by atomic mass is 16.5. The highest BCUT2D eigenvalue weighted by Crippen LogP contribution is 2.39. The maximum atomic E-state index is 12.9. The normalized spacial score (nSPS) is 16.1. The van der Waals surface area contributed by atoms with Gasteiger partial charge in [0.1, 0.15) is 11.5 Å². The SMILES string of the molecule is COc1ccc([C@@H]2CCCN2C(=O)Nc2ccc(N(C)C)cc2)c(OC)c1. The molecule has 6 nitrogen and oxygen atoms in total. The van der Waals surface area contributed by atoms with E-state index in [1.54, 1.807) is 14.2 Å². The van der Waals surface area contributed by atoms with Crippen molar-refractivity contribution in [2.24, 2.45) is 0 Å². The number of amides is 2. The van der Waals surface area contributed by atoms with Crippen LogP contribution < -0.4 is 19.7 Å². The number of benzene rings is 2. The highest BCUT2D eigenvalue weighted by molar-refractivity contribution is 5.90. The molecule has 0 bridgehead atoms. The van der Waals surface area contributed by atoms with Gasteiger partial charge in [0.25, 0.3) is 0 Å². The fourth-order valence-electron chi connectivity index (χ4n) is 3.47. The van der Waals surface area contributed by atoms with E-state index >= 15 is 0 Å². The standard InChI is InChI=1S/C21H27N3O3/c1-23(2)16-9-7-15(8-10-16)22-21(25)24-13-5-6-19(24)18-12-11-17(26-3)14-20(18)27-4/h7-12,14,19H,5-6,13H2,1-4H3,(H,22,25)/t19-/m0/s1. The van der Waals surface area contributed by atoms with Crippen LogP contribution in [0.15, 0.2) is 42.5 Å². The van der Waals surface area contributed by atoms with Crippen molar-refractivity contribution in [1.82, 2.24) is 4.90 Å². The number of methoxy groups -OCH3 is 2. The minimum Gasteiger partial charge on any atom is -0.497 e. The summed E-state index contributed by atoms with van der Waals surface area (Å²) in [5, 5.41) is 3.01. The Kier molecular flexibility index (Phi) is 5.74. The van der Waals surface area contributed by atoms with Gasteiger partial charge in [-0.2, -0.15) is 0 Å². The van der Waals surface area contributed by atoms with Gasteiger partial charge in [-0.25, -0.2) is 4.79 Å². The molecule has 3 rings (SSSR count). The van der Waals surface area contributed by atoms with Crippen molar-refractivity contribution in [2.45, 2.75) is 18.9 Å². The summed E-state index contributed by atoms with van der Waals surface area (Å²) in [6.45, 7) is 0.724. The number of rotatable bonds is 5. The minimum atomic E-state index is -0.0898. The first-order valence-corrected chi connectivity index (χ1v) is 9.10. The van der Waals surface area contributed by atoms with Gasteiger partial charge in [0.05, 0.1) is 20.3 Å². The maximum absolute atomic E-state index is 12.9. The molecule has 0 aliphatic carbocycles. The number of anilines is 2. The summed E-state index contributed by atoms with van der Waals surface area (Å²) in [5.41, 5.74) is 2.89. The average Bonchev–Trinajstić information content (AvgIpc) is 3.17. The summed E-state index contributed by atoms with van der Waals surface area (Å²) in [5.74, 6) is 1.49. The van der Waals surface area contributed by atoms with E-state index in [2.05, 4.69) is 5.32 Å². The molecular weight excluding hydrogens is 342 g/mol. The number of ether oxygens (including phenoxy) is 2.